The van der Waals surface area contributed by atoms with E-state index in [1.54, 1.807) is 7.11 Å². The monoisotopic (exact) mass is 262 g/mol. The number of methoxy groups -OCH3 is 1. The van der Waals surface area contributed by atoms with Crippen LogP contribution in [-0.2, 0) is 0 Å². The van der Waals surface area contributed by atoms with Crippen molar-refractivity contribution in [3.63, 3.8) is 0 Å². The van der Waals surface area contributed by atoms with Crippen molar-refractivity contribution in [3.8, 4) is 5.75 Å². The van der Waals surface area contributed by atoms with E-state index in [0.29, 0.717) is 6.04 Å². The number of nitrogens with one attached hydrogen (secondary N) is 1. The van der Waals surface area contributed by atoms with Crippen molar-refractivity contribution in [2.24, 2.45) is 0 Å². The molecule has 1 aliphatic heterocycles. The van der Waals surface area contributed by atoms with Gasteiger partial charge in [-0.25, -0.2) is 0 Å². The lowest BCUT2D eigenvalue weighted by atomic mass is 10.1. The number of hydrogen-bond donors (Lipinski definition) is 1. The minimum Gasteiger partial charge on any atom is -0.496 e. The molecule has 1 aromatic rings. The summed E-state index contributed by atoms with van der Waals surface area (Å²) in [5, 5.41) is 3.56. The Hall–Kier alpha value is -1.22. The van der Waals surface area contributed by atoms with Crippen LogP contribution in [0, 0.1) is 13.8 Å². The summed E-state index contributed by atoms with van der Waals surface area (Å²) in [4.78, 5) is 2.36. The Morgan fingerprint density at radius 2 is 2.11 bits per heavy atom. The van der Waals surface area contributed by atoms with Gasteiger partial charge in [0, 0.05) is 25.3 Å². The third-order valence-electron chi connectivity index (χ3n) is 4.10. The van der Waals surface area contributed by atoms with Gasteiger partial charge in [-0.3, -0.25) is 0 Å². The third kappa shape index (κ3) is 3.41. The van der Waals surface area contributed by atoms with E-state index in [1.807, 2.05) is 0 Å². The molecule has 0 radical (unpaired) electrons. The highest BCUT2D eigenvalue weighted by Crippen LogP contribution is 2.28. The average molecular weight is 262 g/mol. The van der Waals surface area contributed by atoms with Crippen LogP contribution in [0.4, 0.5) is 5.69 Å². The van der Waals surface area contributed by atoms with Gasteiger partial charge in [0.2, 0.25) is 0 Å². The second kappa shape index (κ2) is 6.29. The van der Waals surface area contributed by atoms with E-state index in [9.17, 15) is 0 Å². The van der Waals surface area contributed by atoms with Crippen LogP contribution < -0.4 is 15.0 Å². The predicted octanol–water partition coefficient (Wildman–Crippen LogP) is 2.89. The molecule has 3 nitrogen and oxygen atoms in total. The number of ether oxygens (including phenoxy) is 1. The number of nitrogens with zero attached hydrogens (tertiary/aromatic N) is 1. The first-order valence-electron chi connectivity index (χ1n) is 7.21. The molecule has 106 valence electrons. The van der Waals surface area contributed by atoms with Gasteiger partial charge in [0.05, 0.1) is 7.11 Å². The van der Waals surface area contributed by atoms with Crippen molar-refractivity contribution in [3.05, 3.63) is 23.3 Å². The largest absolute Gasteiger partial charge is 0.496 e. The summed E-state index contributed by atoms with van der Waals surface area (Å²) >= 11 is 0. The van der Waals surface area contributed by atoms with Crippen LogP contribution in [0.5, 0.6) is 5.75 Å². The zero-order valence-corrected chi connectivity index (χ0v) is 12.6. The van der Waals surface area contributed by atoms with E-state index in [2.05, 4.69) is 43.2 Å². The Labute approximate surface area is 116 Å². The molecule has 0 aromatic heterocycles. The van der Waals surface area contributed by atoms with Crippen molar-refractivity contribution in [1.82, 2.24) is 5.32 Å². The van der Waals surface area contributed by atoms with Crippen molar-refractivity contribution in [1.29, 1.82) is 0 Å². The summed E-state index contributed by atoms with van der Waals surface area (Å²) in [7, 11) is 3.92. The highest BCUT2D eigenvalue weighted by Gasteiger charge is 2.15. The van der Waals surface area contributed by atoms with Crippen LogP contribution in [0.3, 0.4) is 0 Å². The van der Waals surface area contributed by atoms with E-state index in [0.717, 1.165) is 12.3 Å². The van der Waals surface area contributed by atoms with Gasteiger partial charge in [0.25, 0.3) is 0 Å². The molecule has 19 heavy (non-hydrogen) atoms. The molecule has 1 unspecified atom stereocenters. The number of rotatable bonds is 5. The van der Waals surface area contributed by atoms with Crippen LogP contribution in [0.25, 0.3) is 0 Å². The first-order chi connectivity index (χ1) is 9.11. The van der Waals surface area contributed by atoms with Gasteiger partial charge in [-0.2, -0.15) is 0 Å². The highest BCUT2D eigenvalue weighted by atomic mass is 16.5. The van der Waals surface area contributed by atoms with Gasteiger partial charge >= 0.3 is 0 Å². The van der Waals surface area contributed by atoms with Gasteiger partial charge in [-0.05, 0) is 62.9 Å². The summed E-state index contributed by atoms with van der Waals surface area (Å²) in [6, 6.07) is 5.08. The third-order valence-corrected chi connectivity index (χ3v) is 4.10. The molecule has 2 rings (SSSR count). The van der Waals surface area contributed by atoms with Crippen molar-refractivity contribution in [2.75, 3.05) is 32.1 Å². The molecule has 0 spiro atoms. The zero-order valence-electron chi connectivity index (χ0n) is 12.6. The molecule has 1 fully saturated rings. The molecule has 0 saturated carbocycles. The zero-order chi connectivity index (χ0) is 13.8. The quantitative estimate of drug-likeness (QED) is 0.883. The lowest BCUT2D eigenvalue weighted by Crippen LogP contribution is -2.28. The maximum atomic E-state index is 5.37. The normalized spacial score (nSPS) is 18.6. The van der Waals surface area contributed by atoms with Crippen LogP contribution >= 0.6 is 0 Å². The van der Waals surface area contributed by atoms with Crippen LogP contribution in [0.15, 0.2) is 12.1 Å². The van der Waals surface area contributed by atoms with Crippen LogP contribution in [-0.4, -0.2) is 33.3 Å². The second-order valence-electron chi connectivity index (χ2n) is 5.61. The van der Waals surface area contributed by atoms with Gasteiger partial charge < -0.3 is 15.0 Å². The molecule has 1 saturated heterocycles. The number of anilines is 1. The van der Waals surface area contributed by atoms with E-state index < -0.39 is 0 Å². The molecular formula is C16H26N2O. The predicted molar refractivity (Wildman–Crippen MR) is 81.4 cm³/mol. The topological polar surface area (TPSA) is 24.5 Å². The molecule has 0 amide bonds. The Kier molecular flexibility index (Phi) is 4.70. The average Bonchev–Trinajstić information content (AvgIpc) is 2.91. The fraction of sp³-hybridized carbons (Fsp3) is 0.625. The lowest BCUT2D eigenvalue weighted by Gasteiger charge is -2.24. The summed E-state index contributed by atoms with van der Waals surface area (Å²) in [5.74, 6) is 0.979. The molecule has 1 atom stereocenters. The van der Waals surface area contributed by atoms with Crippen molar-refractivity contribution >= 4 is 5.69 Å². The first kappa shape index (κ1) is 14.2. The molecule has 1 N–H and O–H groups in total. The fourth-order valence-electron chi connectivity index (χ4n) is 2.88. The molecule has 0 aliphatic carbocycles. The van der Waals surface area contributed by atoms with Crippen LogP contribution in [0.1, 0.15) is 30.4 Å². The maximum Gasteiger partial charge on any atom is 0.122 e. The molecular weight excluding hydrogens is 236 g/mol. The molecule has 1 heterocycles. The lowest BCUT2D eigenvalue weighted by molar-refractivity contribution is 0.411. The smallest absolute Gasteiger partial charge is 0.122 e. The minimum atomic E-state index is 0.710. The maximum absolute atomic E-state index is 5.37. The SMILES string of the molecule is COc1cc(C)c(N(C)CCC2CCCN2)cc1C. The van der Waals surface area contributed by atoms with Gasteiger partial charge in [-0.1, -0.05) is 0 Å². The minimum absolute atomic E-state index is 0.710. The van der Waals surface area contributed by atoms with E-state index in [1.165, 1.54) is 42.6 Å². The Morgan fingerprint density at radius 3 is 2.74 bits per heavy atom. The summed E-state index contributed by atoms with van der Waals surface area (Å²) < 4.78 is 5.37. The fourth-order valence-corrected chi connectivity index (χ4v) is 2.88. The molecule has 0 bridgehead atoms. The van der Waals surface area contributed by atoms with Crippen molar-refractivity contribution < 1.29 is 4.74 Å². The first-order valence-corrected chi connectivity index (χ1v) is 7.21. The number of hydrogen-bond acceptors (Lipinski definition) is 3. The van der Waals surface area contributed by atoms with Crippen LogP contribution in [0.2, 0.25) is 0 Å². The molecule has 1 aliphatic rings. The Balaban J connectivity index is 2.01. The summed E-state index contributed by atoms with van der Waals surface area (Å²) in [6.45, 7) is 6.55. The van der Waals surface area contributed by atoms with E-state index >= 15 is 0 Å². The second-order valence-corrected chi connectivity index (χ2v) is 5.61. The number of benzene rings is 1. The van der Waals surface area contributed by atoms with E-state index in [4.69, 9.17) is 4.74 Å². The number of aryl methyl sites for hydroxylation is 2. The summed E-state index contributed by atoms with van der Waals surface area (Å²) in [6.07, 6.45) is 3.88. The molecule has 1 aromatic carbocycles. The standard InChI is InChI=1S/C16H26N2O/c1-12-11-16(19-4)13(2)10-15(12)18(3)9-7-14-6-5-8-17-14/h10-11,14,17H,5-9H2,1-4H3. The highest BCUT2D eigenvalue weighted by molar-refractivity contribution is 5.58. The summed E-state index contributed by atoms with van der Waals surface area (Å²) in [5.41, 5.74) is 3.80. The van der Waals surface area contributed by atoms with Crippen molar-refractivity contribution in [2.45, 2.75) is 39.2 Å². The van der Waals surface area contributed by atoms with Gasteiger partial charge in [-0.15, -0.1) is 0 Å². The van der Waals surface area contributed by atoms with E-state index in [-0.39, 0.29) is 0 Å². The van der Waals surface area contributed by atoms with Gasteiger partial charge in [0.1, 0.15) is 5.75 Å². The van der Waals surface area contributed by atoms with Gasteiger partial charge in [0.15, 0.2) is 0 Å². The Morgan fingerprint density at radius 1 is 1.32 bits per heavy atom. The molecule has 3 heteroatoms. The Bertz CT molecular complexity index is 425.